The lowest BCUT2D eigenvalue weighted by atomic mass is 10.0. The van der Waals surface area contributed by atoms with Crippen molar-refractivity contribution in [1.82, 2.24) is 5.16 Å². The van der Waals surface area contributed by atoms with Crippen molar-refractivity contribution in [3.05, 3.63) is 29.5 Å². The van der Waals surface area contributed by atoms with Crippen LogP contribution in [0.5, 0.6) is 0 Å². The first-order valence-electron chi connectivity index (χ1n) is 5.40. The van der Waals surface area contributed by atoms with E-state index in [1.165, 1.54) is 5.56 Å². The predicted octanol–water partition coefficient (Wildman–Crippen LogP) is 2.34. The average Bonchev–Trinajstić information content (AvgIpc) is 2.88. The molecule has 78 valence electrons. The molecule has 0 aliphatic heterocycles. The van der Waals surface area contributed by atoms with Crippen molar-refractivity contribution < 1.29 is 4.52 Å². The Balaban J connectivity index is 2.15. The molecule has 0 amide bonds. The quantitative estimate of drug-likeness (QED) is 0.813. The van der Waals surface area contributed by atoms with Gasteiger partial charge in [-0.15, -0.1) is 0 Å². The van der Waals surface area contributed by atoms with Crippen LogP contribution in [0.4, 0.5) is 0 Å². The third-order valence-electron chi connectivity index (χ3n) is 3.24. The fourth-order valence-corrected chi connectivity index (χ4v) is 1.98. The van der Waals surface area contributed by atoms with E-state index in [2.05, 4.69) is 30.3 Å². The third-order valence-corrected chi connectivity index (χ3v) is 3.24. The Labute approximate surface area is 88.2 Å². The highest BCUT2D eigenvalue weighted by molar-refractivity contribution is 5.81. The molecule has 3 rings (SSSR count). The van der Waals surface area contributed by atoms with E-state index in [1.807, 2.05) is 0 Å². The lowest BCUT2D eigenvalue weighted by Gasteiger charge is -2.07. The van der Waals surface area contributed by atoms with Crippen molar-refractivity contribution in [2.45, 2.75) is 31.7 Å². The van der Waals surface area contributed by atoms with Gasteiger partial charge in [0.2, 0.25) is 0 Å². The van der Waals surface area contributed by atoms with Gasteiger partial charge in [0.1, 0.15) is 11.3 Å². The molecule has 0 unspecified atom stereocenters. The van der Waals surface area contributed by atoms with Gasteiger partial charge in [-0.3, -0.25) is 0 Å². The molecule has 0 saturated heterocycles. The van der Waals surface area contributed by atoms with E-state index in [1.54, 1.807) is 0 Å². The molecule has 0 radical (unpaired) electrons. The molecule has 0 atom stereocenters. The highest BCUT2D eigenvalue weighted by Gasteiger charge is 2.40. The molecule has 1 saturated carbocycles. The molecule has 1 aromatic heterocycles. The molecule has 1 fully saturated rings. The Morgan fingerprint density at radius 2 is 2.27 bits per heavy atom. The van der Waals surface area contributed by atoms with E-state index < -0.39 is 0 Å². The van der Waals surface area contributed by atoms with Gasteiger partial charge in [-0.05, 0) is 30.5 Å². The number of hydrogen-bond acceptors (Lipinski definition) is 3. The first-order chi connectivity index (χ1) is 7.23. The van der Waals surface area contributed by atoms with Crippen LogP contribution in [0.1, 0.15) is 31.1 Å². The Morgan fingerprint density at radius 1 is 1.47 bits per heavy atom. The van der Waals surface area contributed by atoms with Gasteiger partial charge in [-0.2, -0.15) is 0 Å². The summed E-state index contributed by atoms with van der Waals surface area (Å²) in [6.07, 6.45) is 3.04. The third kappa shape index (κ3) is 1.27. The number of rotatable bonds is 2. The first-order valence-corrected chi connectivity index (χ1v) is 5.40. The maximum Gasteiger partial charge on any atom is 0.144 e. The second-order valence-electron chi connectivity index (χ2n) is 4.35. The molecule has 3 heteroatoms. The Hall–Kier alpha value is -1.35. The summed E-state index contributed by atoms with van der Waals surface area (Å²) in [5.74, 6) is 0.957. The maximum absolute atomic E-state index is 6.14. The fraction of sp³-hybridized carbons (Fsp3) is 0.417. The van der Waals surface area contributed by atoms with E-state index >= 15 is 0 Å². The number of fused-ring (bicyclic) bond motifs is 1. The molecule has 2 N–H and O–H groups in total. The van der Waals surface area contributed by atoms with Crippen LogP contribution >= 0.6 is 0 Å². The zero-order valence-electron chi connectivity index (χ0n) is 8.79. The smallest absolute Gasteiger partial charge is 0.144 e. The summed E-state index contributed by atoms with van der Waals surface area (Å²) >= 11 is 0. The fourth-order valence-electron chi connectivity index (χ4n) is 1.98. The average molecular weight is 202 g/mol. The van der Waals surface area contributed by atoms with Crippen molar-refractivity contribution in [1.29, 1.82) is 0 Å². The number of aryl methyl sites for hydroxylation is 1. The van der Waals surface area contributed by atoms with Crippen molar-refractivity contribution in [3.63, 3.8) is 0 Å². The largest absolute Gasteiger partial charge is 0.360 e. The van der Waals surface area contributed by atoms with Crippen LogP contribution in [0.2, 0.25) is 0 Å². The zero-order valence-corrected chi connectivity index (χ0v) is 8.79. The van der Waals surface area contributed by atoms with Gasteiger partial charge in [-0.1, -0.05) is 18.1 Å². The minimum Gasteiger partial charge on any atom is -0.360 e. The summed E-state index contributed by atoms with van der Waals surface area (Å²) in [5, 5.41) is 5.18. The minimum atomic E-state index is -0.0838. The predicted molar refractivity (Wildman–Crippen MR) is 58.5 cm³/mol. The van der Waals surface area contributed by atoms with Gasteiger partial charge in [0, 0.05) is 17.3 Å². The van der Waals surface area contributed by atoms with Gasteiger partial charge < -0.3 is 10.3 Å². The van der Waals surface area contributed by atoms with Crippen LogP contribution in [-0.2, 0) is 12.0 Å². The minimum absolute atomic E-state index is 0.0838. The van der Waals surface area contributed by atoms with E-state index in [9.17, 15) is 0 Å². The summed E-state index contributed by atoms with van der Waals surface area (Å²) in [7, 11) is 0. The highest BCUT2D eigenvalue weighted by atomic mass is 16.5. The zero-order chi connectivity index (χ0) is 10.5. The monoisotopic (exact) mass is 202 g/mol. The topological polar surface area (TPSA) is 52.0 Å². The molecule has 0 bridgehead atoms. The van der Waals surface area contributed by atoms with Gasteiger partial charge in [0.15, 0.2) is 0 Å². The summed E-state index contributed by atoms with van der Waals surface area (Å²) in [6, 6.07) is 6.24. The lowest BCUT2D eigenvalue weighted by Crippen LogP contribution is -2.18. The van der Waals surface area contributed by atoms with Crippen molar-refractivity contribution >= 4 is 10.9 Å². The van der Waals surface area contributed by atoms with Crippen molar-refractivity contribution in [2.24, 2.45) is 5.73 Å². The summed E-state index contributed by atoms with van der Waals surface area (Å²) < 4.78 is 5.26. The van der Waals surface area contributed by atoms with Crippen molar-refractivity contribution in [3.8, 4) is 0 Å². The van der Waals surface area contributed by atoms with Crippen LogP contribution in [0.3, 0.4) is 0 Å². The number of nitrogens with zero attached hydrogens (tertiary/aromatic N) is 1. The molecule has 1 aromatic carbocycles. The molecule has 1 aliphatic carbocycles. The van der Waals surface area contributed by atoms with Crippen LogP contribution in [0, 0.1) is 0 Å². The summed E-state index contributed by atoms with van der Waals surface area (Å²) in [6.45, 7) is 2.07. The van der Waals surface area contributed by atoms with Crippen LogP contribution in [0.25, 0.3) is 10.9 Å². The molecule has 3 nitrogen and oxygen atoms in total. The van der Waals surface area contributed by atoms with E-state index in [-0.39, 0.29) is 5.54 Å². The molecule has 1 heterocycles. The Bertz CT molecular complexity index is 511. The number of nitrogens with two attached hydrogens (primary N) is 1. The Morgan fingerprint density at radius 3 is 2.93 bits per heavy atom. The molecular weight excluding hydrogens is 188 g/mol. The molecule has 15 heavy (non-hydrogen) atoms. The molecule has 0 spiro atoms. The van der Waals surface area contributed by atoms with E-state index in [4.69, 9.17) is 10.3 Å². The van der Waals surface area contributed by atoms with Crippen LogP contribution in [0.15, 0.2) is 22.7 Å². The standard InChI is InChI=1S/C12H14N2O/c1-2-11-9-4-3-8(12(13)5-6-12)7-10(9)14-15-11/h3-4,7H,2,5-6,13H2,1H3. The number of aromatic nitrogens is 1. The van der Waals surface area contributed by atoms with E-state index in [0.717, 1.165) is 35.9 Å². The number of benzene rings is 1. The SMILES string of the molecule is CCc1onc2cc(C3(N)CC3)ccc12. The van der Waals surface area contributed by atoms with E-state index in [0.29, 0.717) is 0 Å². The highest BCUT2D eigenvalue weighted by Crippen LogP contribution is 2.43. The molecule has 2 aromatic rings. The maximum atomic E-state index is 6.14. The van der Waals surface area contributed by atoms with Gasteiger partial charge in [0.25, 0.3) is 0 Å². The summed E-state index contributed by atoms with van der Waals surface area (Å²) in [5.41, 5.74) is 8.17. The molecular formula is C12H14N2O. The lowest BCUT2D eigenvalue weighted by molar-refractivity contribution is 0.394. The van der Waals surface area contributed by atoms with Crippen LogP contribution in [-0.4, -0.2) is 5.16 Å². The second kappa shape index (κ2) is 2.83. The summed E-state index contributed by atoms with van der Waals surface area (Å²) in [4.78, 5) is 0. The van der Waals surface area contributed by atoms with Gasteiger partial charge in [0.05, 0.1) is 0 Å². The van der Waals surface area contributed by atoms with Gasteiger partial charge in [-0.25, -0.2) is 0 Å². The van der Waals surface area contributed by atoms with Crippen LogP contribution < -0.4 is 5.73 Å². The van der Waals surface area contributed by atoms with Gasteiger partial charge >= 0.3 is 0 Å². The van der Waals surface area contributed by atoms with Crippen molar-refractivity contribution in [2.75, 3.05) is 0 Å². The Kier molecular flexibility index (Phi) is 1.68. The second-order valence-corrected chi connectivity index (χ2v) is 4.35. The normalized spacial score (nSPS) is 18.3. The first kappa shape index (κ1) is 8.92. The number of hydrogen-bond donors (Lipinski definition) is 1. The molecule has 1 aliphatic rings.